The van der Waals surface area contributed by atoms with E-state index in [0.29, 0.717) is 25.4 Å². The van der Waals surface area contributed by atoms with E-state index in [1.54, 1.807) is 7.11 Å². The van der Waals surface area contributed by atoms with Gasteiger partial charge in [0.2, 0.25) is 0 Å². The van der Waals surface area contributed by atoms with Crippen LogP contribution >= 0.6 is 0 Å². The second kappa shape index (κ2) is 7.17. The Hall–Kier alpha value is -0.160. The second-order valence-electron chi connectivity index (χ2n) is 3.77. The van der Waals surface area contributed by atoms with Crippen LogP contribution in [0.3, 0.4) is 0 Å². The molecule has 1 aliphatic carbocycles. The SMILES string of the molecule is CCOC(CNC1CC(OC)C1)OCC. The summed E-state index contributed by atoms with van der Waals surface area (Å²) in [5.41, 5.74) is 0. The van der Waals surface area contributed by atoms with Crippen LogP contribution in [-0.2, 0) is 14.2 Å². The van der Waals surface area contributed by atoms with Crippen LogP contribution in [0, 0.1) is 0 Å². The summed E-state index contributed by atoms with van der Waals surface area (Å²) >= 11 is 0. The molecule has 1 saturated carbocycles. The summed E-state index contributed by atoms with van der Waals surface area (Å²) in [6, 6.07) is 0.568. The number of rotatable bonds is 8. The molecule has 0 unspecified atom stereocenters. The molecular formula is C11H23NO3. The van der Waals surface area contributed by atoms with Crippen molar-refractivity contribution in [2.75, 3.05) is 26.9 Å². The normalized spacial score (nSPS) is 25.6. The topological polar surface area (TPSA) is 39.7 Å². The Morgan fingerprint density at radius 1 is 1.20 bits per heavy atom. The Balaban J connectivity index is 2.06. The molecule has 0 spiro atoms. The largest absolute Gasteiger partial charge is 0.381 e. The molecule has 4 nitrogen and oxygen atoms in total. The van der Waals surface area contributed by atoms with E-state index in [0.717, 1.165) is 19.4 Å². The van der Waals surface area contributed by atoms with E-state index < -0.39 is 0 Å². The molecule has 1 fully saturated rings. The van der Waals surface area contributed by atoms with Gasteiger partial charge in [0.15, 0.2) is 6.29 Å². The third-order valence-corrected chi connectivity index (χ3v) is 2.71. The van der Waals surface area contributed by atoms with Crippen molar-refractivity contribution in [2.45, 2.75) is 45.1 Å². The van der Waals surface area contributed by atoms with Crippen molar-refractivity contribution >= 4 is 0 Å². The first kappa shape index (κ1) is 12.9. The van der Waals surface area contributed by atoms with Gasteiger partial charge in [0, 0.05) is 32.9 Å². The third kappa shape index (κ3) is 4.47. The quantitative estimate of drug-likeness (QED) is 0.619. The maximum Gasteiger partial charge on any atom is 0.169 e. The zero-order valence-electron chi connectivity index (χ0n) is 9.99. The highest BCUT2D eigenvalue weighted by molar-refractivity contribution is 4.85. The van der Waals surface area contributed by atoms with Crippen LogP contribution in [0.4, 0.5) is 0 Å². The fraction of sp³-hybridized carbons (Fsp3) is 1.00. The first-order valence-corrected chi connectivity index (χ1v) is 5.79. The molecule has 0 bridgehead atoms. The molecule has 1 aliphatic rings. The maximum absolute atomic E-state index is 5.44. The Kier molecular flexibility index (Phi) is 6.17. The van der Waals surface area contributed by atoms with E-state index in [-0.39, 0.29) is 6.29 Å². The van der Waals surface area contributed by atoms with E-state index in [1.165, 1.54) is 0 Å². The van der Waals surface area contributed by atoms with Gasteiger partial charge >= 0.3 is 0 Å². The summed E-state index contributed by atoms with van der Waals surface area (Å²) in [5, 5.41) is 3.42. The Bertz CT molecular complexity index is 154. The molecule has 0 saturated heterocycles. The average molecular weight is 217 g/mol. The first-order chi connectivity index (χ1) is 7.30. The van der Waals surface area contributed by atoms with Gasteiger partial charge in [-0.3, -0.25) is 0 Å². The van der Waals surface area contributed by atoms with Crippen molar-refractivity contribution in [3.8, 4) is 0 Å². The van der Waals surface area contributed by atoms with Crippen LogP contribution < -0.4 is 5.32 Å². The van der Waals surface area contributed by atoms with Crippen molar-refractivity contribution in [2.24, 2.45) is 0 Å². The molecule has 1 rings (SSSR count). The Morgan fingerprint density at radius 3 is 2.27 bits per heavy atom. The van der Waals surface area contributed by atoms with Crippen LogP contribution in [0.15, 0.2) is 0 Å². The summed E-state index contributed by atoms with van der Waals surface area (Å²) < 4.78 is 16.1. The standard InChI is InChI=1S/C11H23NO3/c1-4-14-11(15-5-2)8-12-9-6-10(7-9)13-3/h9-12H,4-8H2,1-3H3. The Labute approximate surface area is 92.3 Å². The van der Waals surface area contributed by atoms with Gasteiger partial charge in [-0.25, -0.2) is 0 Å². The predicted molar refractivity (Wildman–Crippen MR) is 58.9 cm³/mol. The van der Waals surface area contributed by atoms with Gasteiger partial charge in [0.25, 0.3) is 0 Å². The van der Waals surface area contributed by atoms with E-state index in [2.05, 4.69) is 5.32 Å². The lowest BCUT2D eigenvalue weighted by atomic mass is 9.89. The van der Waals surface area contributed by atoms with Gasteiger partial charge in [-0.1, -0.05) is 0 Å². The molecule has 0 aromatic carbocycles. The predicted octanol–water partition coefficient (Wildman–Crippen LogP) is 1.15. The van der Waals surface area contributed by atoms with E-state index in [4.69, 9.17) is 14.2 Å². The van der Waals surface area contributed by atoms with Crippen molar-refractivity contribution < 1.29 is 14.2 Å². The summed E-state index contributed by atoms with van der Waals surface area (Å²) in [7, 11) is 1.77. The molecule has 0 atom stereocenters. The van der Waals surface area contributed by atoms with Crippen LogP contribution in [0.2, 0.25) is 0 Å². The van der Waals surface area contributed by atoms with Gasteiger partial charge in [0.05, 0.1) is 6.10 Å². The summed E-state index contributed by atoms with van der Waals surface area (Å²) in [4.78, 5) is 0. The fourth-order valence-corrected chi connectivity index (χ4v) is 1.73. The second-order valence-corrected chi connectivity index (χ2v) is 3.77. The number of nitrogens with one attached hydrogen (secondary N) is 1. The molecule has 0 radical (unpaired) electrons. The molecule has 0 aliphatic heterocycles. The average Bonchev–Trinajstić information content (AvgIpc) is 2.16. The van der Waals surface area contributed by atoms with Crippen molar-refractivity contribution in [3.63, 3.8) is 0 Å². The molecule has 15 heavy (non-hydrogen) atoms. The number of methoxy groups -OCH3 is 1. The number of hydrogen-bond acceptors (Lipinski definition) is 4. The molecule has 90 valence electrons. The molecule has 0 amide bonds. The number of hydrogen-bond donors (Lipinski definition) is 1. The van der Waals surface area contributed by atoms with Crippen LogP contribution in [0.1, 0.15) is 26.7 Å². The minimum Gasteiger partial charge on any atom is -0.381 e. The highest BCUT2D eigenvalue weighted by Crippen LogP contribution is 2.22. The van der Waals surface area contributed by atoms with E-state index >= 15 is 0 Å². The van der Waals surface area contributed by atoms with Gasteiger partial charge in [-0.2, -0.15) is 0 Å². The highest BCUT2D eigenvalue weighted by atomic mass is 16.7. The van der Waals surface area contributed by atoms with Crippen LogP contribution in [0.25, 0.3) is 0 Å². The molecule has 4 heteroatoms. The highest BCUT2D eigenvalue weighted by Gasteiger charge is 2.28. The van der Waals surface area contributed by atoms with Gasteiger partial charge in [-0.15, -0.1) is 0 Å². The first-order valence-electron chi connectivity index (χ1n) is 5.79. The molecular weight excluding hydrogens is 194 g/mol. The third-order valence-electron chi connectivity index (χ3n) is 2.71. The van der Waals surface area contributed by atoms with Gasteiger partial charge in [0.1, 0.15) is 0 Å². The minimum absolute atomic E-state index is 0.110. The molecule has 0 aromatic heterocycles. The molecule has 0 aromatic rings. The number of ether oxygens (including phenoxy) is 3. The minimum atomic E-state index is -0.110. The Morgan fingerprint density at radius 2 is 1.80 bits per heavy atom. The van der Waals surface area contributed by atoms with Crippen molar-refractivity contribution in [1.29, 1.82) is 0 Å². The molecule has 1 N–H and O–H groups in total. The lowest BCUT2D eigenvalue weighted by molar-refractivity contribution is -0.135. The van der Waals surface area contributed by atoms with Crippen LogP contribution in [-0.4, -0.2) is 45.3 Å². The van der Waals surface area contributed by atoms with Crippen LogP contribution in [0.5, 0.6) is 0 Å². The zero-order valence-corrected chi connectivity index (χ0v) is 9.99. The van der Waals surface area contributed by atoms with Gasteiger partial charge in [-0.05, 0) is 26.7 Å². The van der Waals surface area contributed by atoms with E-state index in [9.17, 15) is 0 Å². The van der Waals surface area contributed by atoms with Crippen molar-refractivity contribution in [1.82, 2.24) is 5.32 Å². The monoisotopic (exact) mass is 217 g/mol. The summed E-state index contributed by atoms with van der Waals surface area (Å²) in [5.74, 6) is 0. The zero-order chi connectivity index (χ0) is 11.1. The fourth-order valence-electron chi connectivity index (χ4n) is 1.73. The molecule has 0 heterocycles. The lowest BCUT2D eigenvalue weighted by Gasteiger charge is -2.35. The van der Waals surface area contributed by atoms with E-state index in [1.807, 2.05) is 13.8 Å². The smallest absolute Gasteiger partial charge is 0.169 e. The maximum atomic E-state index is 5.44. The summed E-state index contributed by atoms with van der Waals surface area (Å²) in [6.45, 7) is 6.12. The van der Waals surface area contributed by atoms with Gasteiger partial charge < -0.3 is 19.5 Å². The lowest BCUT2D eigenvalue weighted by Crippen LogP contribution is -2.48. The summed E-state index contributed by atoms with van der Waals surface area (Å²) in [6.07, 6.45) is 2.53. The van der Waals surface area contributed by atoms with Crippen molar-refractivity contribution in [3.05, 3.63) is 0 Å².